The molecule has 0 radical (unpaired) electrons. The molecule has 0 aliphatic carbocycles. The van der Waals surface area contributed by atoms with Gasteiger partial charge >= 0.3 is 0 Å². The minimum Gasteiger partial charge on any atom is -0.366 e. The average Bonchev–Trinajstić information content (AvgIpc) is 2.50. The van der Waals surface area contributed by atoms with E-state index in [1.165, 1.54) is 0 Å². The number of nitrogens with zero attached hydrogens (tertiary/aromatic N) is 2. The molecule has 1 aliphatic rings. The van der Waals surface area contributed by atoms with Gasteiger partial charge in [0, 0.05) is 44.5 Å². The molecule has 2 rings (SSSR count). The van der Waals surface area contributed by atoms with Crippen LogP contribution in [-0.2, 0) is 0 Å². The third-order valence-corrected chi connectivity index (χ3v) is 3.96. The van der Waals surface area contributed by atoms with E-state index in [-0.39, 0.29) is 5.78 Å². The molecule has 1 fully saturated rings. The third-order valence-electron chi connectivity index (χ3n) is 3.65. The summed E-state index contributed by atoms with van der Waals surface area (Å²) in [6.07, 6.45) is 0. The Bertz CT molecular complexity index is 495. The lowest BCUT2D eigenvalue weighted by Gasteiger charge is -2.31. The van der Waals surface area contributed by atoms with Gasteiger partial charge in [-0.05, 0) is 43.5 Å². The normalized spacial score (nSPS) is 16.5. The van der Waals surface area contributed by atoms with Gasteiger partial charge in [0.05, 0.1) is 6.54 Å². The van der Waals surface area contributed by atoms with Crippen LogP contribution in [0.3, 0.4) is 0 Å². The Balaban J connectivity index is 1.89. The number of ketones is 1. The Morgan fingerprint density at radius 3 is 2.38 bits per heavy atom. The van der Waals surface area contributed by atoms with Crippen molar-refractivity contribution in [3.63, 3.8) is 0 Å². The van der Waals surface area contributed by atoms with Crippen molar-refractivity contribution in [2.24, 2.45) is 0 Å². The van der Waals surface area contributed by atoms with E-state index in [1.54, 1.807) is 7.05 Å². The number of anilines is 1. The molecule has 1 aliphatic heterocycles. The number of benzene rings is 1. The van der Waals surface area contributed by atoms with E-state index in [0.29, 0.717) is 11.7 Å². The molecule has 1 aromatic carbocycles. The van der Waals surface area contributed by atoms with E-state index in [9.17, 15) is 4.79 Å². The van der Waals surface area contributed by atoms with Crippen molar-refractivity contribution >= 4 is 28.8 Å². The monoisotopic (exact) mass is 306 g/mol. The third kappa shape index (κ3) is 4.77. The number of likely N-dealkylation sites (N-methyl/N-ethyl adjacent to an activating group) is 1. The van der Waals surface area contributed by atoms with E-state index in [1.807, 2.05) is 24.3 Å². The first-order chi connectivity index (χ1) is 10.1. The van der Waals surface area contributed by atoms with E-state index in [2.05, 4.69) is 27.5 Å². The zero-order valence-electron chi connectivity index (χ0n) is 12.6. The van der Waals surface area contributed by atoms with Crippen molar-refractivity contribution < 1.29 is 4.79 Å². The Morgan fingerprint density at radius 1 is 1.19 bits per heavy atom. The zero-order chi connectivity index (χ0) is 15.2. The highest BCUT2D eigenvalue weighted by Crippen LogP contribution is 2.11. The number of nitrogens with one attached hydrogen (secondary N) is 2. The van der Waals surface area contributed by atoms with Crippen LogP contribution >= 0.6 is 12.2 Å². The number of hydrogen-bond donors (Lipinski definition) is 2. The summed E-state index contributed by atoms with van der Waals surface area (Å²) in [4.78, 5) is 16.8. The van der Waals surface area contributed by atoms with Gasteiger partial charge in [0.15, 0.2) is 10.9 Å². The first kappa shape index (κ1) is 15.9. The van der Waals surface area contributed by atoms with Crippen molar-refractivity contribution in [3.8, 4) is 0 Å². The lowest BCUT2D eigenvalue weighted by atomic mass is 10.1. The van der Waals surface area contributed by atoms with Crippen molar-refractivity contribution in [2.75, 3.05) is 52.1 Å². The van der Waals surface area contributed by atoms with Gasteiger partial charge < -0.3 is 15.5 Å². The molecule has 1 heterocycles. The number of carbonyl (C=O) groups is 1. The molecule has 5 nitrogen and oxygen atoms in total. The summed E-state index contributed by atoms with van der Waals surface area (Å²) in [6, 6.07) is 7.44. The van der Waals surface area contributed by atoms with Crippen molar-refractivity contribution in [1.29, 1.82) is 0 Å². The minimum atomic E-state index is 0.169. The number of rotatable bonds is 4. The van der Waals surface area contributed by atoms with Crippen LogP contribution in [0.2, 0.25) is 0 Å². The van der Waals surface area contributed by atoms with Crippen molar-refractivity contribution in [3.05, 3.63) is 29.8 Å². The quantitative estimate of drug-likeness (QED) is 0.640. The standard InChI is InChI=1S/C15H22N4OS/c1-16-15(21)17-13-5-3-12(4-6-13)14(20)11-19-9-7-18(2)8-10-19/h3-6H,7-11H2,1-2H3,(H2,16,17,21). The smallest absolute Gasteiger partial charge is 0.176 e. The maximum absolute atomic E-state index is 12.3. The molecule has 2 N–H and O–H groups in total. The number of thiocarbonyl (C=S) groups is 1. The van der Waals surface area contributed by atoms with Crippen LogP contribution in [0.15, 0.2) is 24.3 Å². The summed E-state index contributed by atoms with van der Waals surface area (Å²) in [5, 5.41) is 6.45. The predicted molar refractivity (Wildman–Crippen MR) is 90.0 cm³/mol. The fourth-order valence-corrected chi connectivity index (χ4v) is 2.35. The Morgan fingerprint density at radius 2 is 1.81 bits per heavy atom. The summed E-state index contributed by atoms with van der Waals surface area (Å²) in [7, 11) is 3.88. The molecule has 0 unspecified atom stereocenters. The number of Topliss-reactive ketones (excluding diaryl/α,β-unsaturated/α-hetero) is 1. The van der Waals surface area contributed by atoms with Crippen molar-refractivity contribution in [1.82, 2.24) is 15.1 Å². The summed E-state index contributed by atoms with van der Waals surface area (Å²) in [6.45, 7) is 4.46. The SMILES string of the molecule is CNC(=S)Nc1ccc(C(=O)CN2CCN(C)CC2)cc1. The second-order valence-corrected chi connectivity index (χ2v) is 5.69. The highest BCUT2D eigenvalue weighted by Gasteiger charge is 2.17. The Labute approximate surface area is 131 Å². The van der Waals surface area contributed by atoms with Gasteiger partial charge in [0.25, 0.3) is 0 Å². The predicted octanol–water partition coefficient (Wildman–Crippen LogP) is 1.03. The van der Waals surface area contributed by atoms with Crippen molar-refractivity contribution in [2.45, 2.75) is 0 Å². The van der Waals surface area contributed by atoms with Crippen LogP contribution in [0.25, 0.3) is 0 Å². The van der Waals surface area contributed by atoms with Crippen LogP contribution in [0, 0.1) is 0 Å². The van der Waals surface area contributed by atoms with E-state index < -0.39 is 0 Å². The van der Waals surface area contributed by atoms with Gasteiger partial charge in [-0.2, -0.15) is 0 Å². The summed E-state index contributed by atoms with van der Waals surface area (Å²) >= 11 is 5.04. The van der Waals surface area contributed by atoms with Gasteiger partial charge in [0.2, 0.25) is 0 Å². The first-order valence-corrected chi connectivity index (χ1v) is 7.52. The second-order valence-electron chi connectivity index (χ2n) is 5.28. The number of hydrogen-bond acceptors (Lipinski definition) is 4. The van der Waals surface area contributed by atoms with E-state index >= 15 is 0 Å². The Hall–Kier alpha value is -1.50. The fraction of sp³-hybridized carbons (Fsp3) is 0.467. The van der Waals surface area contributed by atoms with Crippen LogP contribution < -0.4 is 10.6 Å². The molecule has 6 heteroatoms. The molecule has 0 aromatic heterocycles. The molecule has 1 saturated heterocycles. The summed E-state index contributed by atoms with van der Waals surface area (Å²) in [5.41, 5.74) is 1.63. The highest BCUT2D eigenvalue weighted by molar-refractivity contribution is 7.80. The fourth-order valence-electron chi connectivity index (χ4n) is 2.23. The second kappa shape index (κ2) is 7.49. The Kier molecular flexibility index (Phi) is 5.67. The maximum atomic E-state index is 12.3. The van der Waals surface area contributed by atoms with Crippen LogP contribution in [-0.4, -0.2) is 67.5 Å². The van der Waals surface area contributed by atoms with E-state index in [0.717, 1.165) is 37.4 Å². The molecule has 1 aromatic rings. The molecule has 0 saturated carbocycles. The molecule has 0 spiro atoms. The van der Waals surface area contributed by atoms with Crippen LogP contribution in [0.4, 0.5) is 5.69 Å². The lowest BCUT2D eigenvalue weighted by molar-refractivity contribution is 0.0876. The summed E-state index contributed by atoms with van der Waals surface area (Å²) < 4.78 is 0. The van der Waals surface area contributed by atoms with Gasteiger partial charge in [-0.25, -0.2) is 0 Å². The van der Waals surface area contributed by atoms with Crippen LogP contribution in [0.5, 0.6) is 0 Å². The molecule has 114 valence electrons. The van der Waals surface area contributed by atoms with Gasteiger partial charge in [-0.1, -0.05) is 0 Å². The van der Waals surface area contributed by atoms with Crippen LogP contribution in [0.1, 0.15) is 10.4 Å². The molecule has 21 heavy (non-hydrogen) atoms. The largest absolute Gasteiger partial charge is 0.366 e. The minimum absolute atomic E-state index is 0.169. The molecule has 0 amide bonds. The zero-order valence-corrected chi connectivity index (χ0v) is 13.4. The first-order valence-electron chi connectivity index (χ1n) is 7.11. The number of carbonyl (C=O) groups excluding carboxylic acids is 1. The summed E-state index contributed by atoms with van der Waals surface area (Å²) in [5.74, 6) is 0.169. The lowest BCUT2D eigenvalue weighted by Crippen LogP contribution is -2.46. The molecular weight excluding hydrogens is 284 g/mol. The number of piperazine rings is 1. The molecule has 0 bridgehead atoms. The molecule has 0 atom stereocenters. The molecular formula is C15H22N4OS. The van der Waals surface area contributed by atoms with Gasteiger partial charge in [-0.3, -0.25) is 9.69 Å². The highest BCUT2D eigenvalue weighted by atomic mass is 32.1. The van der Waals surface area contributed by atoms with Gasteiger partial charge in [0.1, 0.15) is 0 Å². The van der Waals surface area contributed by atoms with Gasteiger partial charge in [-0.15, -0.1) is 0 Å². The average molecular weight is 306 g/mol. The van der Waals surface area contributed by atoms with E-state index in [4.69, 9.17) is 12.2 Å². The topological polar surface area (TPSA) is 47.6 Å². The maximum Gasteiger partial charge on any atom is 0.176 e.